The van der Waals surface area contributed by atoms with Crippen LogP contribution in [0.25, 0.3) is 0 Å². The third-order valence-corrected chi connectivity index (χ3v) is 6.18. The van der Waals surface area contributed by atoms with E-state index in [0.29, 0.717) is 39.1 Å². The molecule has 2 aromatic heterocycles. The number of ether oxygens (including phenoxy) is 2. The molecule has 0 unspecified atom stereocenters. The lowest BCUT2D eigenvalue weighted by Crippen LogP contribution is -2.43. The summed E-state index contributed by atoms with van der Waals surface area (Å²) in [7, 11) is 0. The van der Waals surface area contributed by atoms with E-state index in [2.05, 4.69) is 10.1 Å². The summed E-state index contributed by atoms with van der Waals surface area (Å²) in [4.78, 5) is 32.2. The molecule has 1 aromatic carbocycles. The van der Waals surface area contributed by atoms with Gasteiger partial charge in [-0.05, 0) is 37.1 Å². The summed E-state index contributed by atoms with van der Waals surface area (Å²) in [6.45, 7) is 3.77. The number of rotatable bonds is 5. The highest BCUT2D eigenvalue weighted by molar-refractivity contribution is 5.89. The van der Waals surface area contributed by atoms with Crippen LogP contribution in [0.3, 0.4) is 0 Å². The first-order chi connectivity index (χ1) is 16.1. The first kappa shape index (κ1) is 21.2. The van der Waals surface area contributed by atoms with E-state index in [0.717, 1.165) is 28.3 Å². The third kappa shape index (κ3) is 4.20. The van der Waals surface area contributed by atoms with E-state index < -0.39 is 5.97 Å². The minimum absolute atomic E-state index is 0.0439. The first-order valence-electron chi connectivity index (χ1n) is 11.3. The molecule has 0 bridgehead atoms. The van der Waals surface area contributed by atoms with Crippen LogP contribution in [-0.2, 0) is 35.5 Å². The zero-order valence-electron chi connectivity index (χ0n) is 18.6. The number of esters is 1. The van der Waals surface area contributed by atoms with Crippen molar-refractivity contribution in [2.24, 2.45) is 5.92 Å². The lowest BCUT2D eigenvalue weighted by molar-refractivity contribution is -0.137. The van der Waals surface area contributed by atoms with Crippen molar-refractivity contribution in [3.8, 4) is 5.75 Å². The van der Waals surface area contributed by atoms with E-state index in [-0.39, 0.29) is 24.1 Å². The summed E-state index contributed by atoms with van der Waals surface area (Å²) in [5.74, 6) is 0.194. The van der Waals surface area contributed by atoms with Crippen molar-refractivity contribution in [1.82, 2.24) is 19.7 Å². The van der Waals surface area contributed by atoms with E-state index >= 15 is 0 Å². The van der Waals surface area contributed by atoms with Crippen LogP contribution in [0.2, 0.25) is 0 Å². The summed E-state index contributed by atoms with van der Waals surface area (Å²) in [6.07, 6.45) is 3.01. The summed E-state index contributed by atoms with van der Waals surface area (Å²) >= 11 is 0. The Morgan fingerprint density at radius 1 is 1.18 bits per heavy atom. The number of aromatic nitrogens is 3. The molecule has 2 aliphatic heterocycles. The summed E-state index contributed by atoms with van der Waals surface area (Å²) in [6, 6.07) is 13.6. The maximum absolute atomic E-state index is 13.4. The molecule has 5 rings (SSSR count). The molecule has 33 heavy (non-hydrogen) atoms. The van der Waals surface area contributed by atoms with Crippen molar-refractivity contribution < 1.29 is 19.1 Å². The van der Waals surface area contributed by atoms with Crippen LogP contribution in [0.5, 0.6) is 5.75 Å². The Hall–Kier alpha value is -3.68. The summed E-state index contributed by atoms with van der Waals surface area (Å²) < 4.78 is 12.9. The number of hydrogen-bond donors (Lipinski definition) is 0. The highest BCUT2D eigenvalue weighted by Gasteiger charge is 2.35. The Bertz CT molecular complexity index is 1170. The molecule has 0 saturated carbocycles. The van der Waals surface area contributed by atoms with Crippen molar-refractivity contribution in [2.75, 3.05) is 19.8 Å². The van der Waals surface area contributed by atoms with E-state index in [9.17, 15) is 9.59 Å². The van der Waals surface area contributed by atoms with Crippen LogP contribution >= 0.6 is 0 Å². The normalized spacial score (nSPS) is 17.0. The van der Waals surface area contributed by atoms with Crippen LogP contribution in [0.1, 0.15) is 39.9 Å². The van der Waals surface area contributed by atoms with Gasteiger partial charge in [-0.1, -0.05) is 24.3 Å². The molecule has 1 amide bonds. The molecule has 0 fully saturated rings. The Labute approximate surface area is 192 Å². The van der Waals surface area contributed by atoms with Crippen LogP contribution < -0.4 is 4.74 Å². The zero-order valence-corrected chi connectivity index (χ0v) is 18.6. The standard InChI is InChI=1S/C25H26N4O4/c1-2-32-25(31)23-20-15-28(24(30)18-13-17-7-3-4-9-22(17)33-16-18)12-10-21(20)29(27-23)14-19-8-5-6-11-26-19/h3-9,11,18H,2,10,12-16H2,1H3/t18-/m0/s1. The smallest absolute Gasteiger partial charge is 0.359 e. The largest absolute Gasteiger partial charge is 0.492 e. The Kier molecular flexibility index (Phi) is 5.81. The van der Waals surface area contributed by atoms with Gasteiger partial charge >= 0.3 is 5.97 Å². The second-order valence-corrected chi connectivity index (χ2v) is 8.30. The fraction of sp³-hybridized carbons (Fsp3) is 0.360. The molecule has 8 nitrogen and oxygen atoms in total. The van der Waals surface area contributed by atoms with Crippen LogP contribution in [0, 0.1) is 5.92 Å². The maximum Gasteiger partial charge on any atom is 0.359 e. The topological polar surface area (TPSA) is 86.5 Å². The number of carbonyl (C=O) groups is 2. The summed E-state index contributed by atoms with van der Waals surface area (Å²) in [5.41, 5.74) is 3.91. The average molecular weight is 447 g/mol. The fourth-order valence-corrected chi connectivity index (χ4v) is 4.56. The van der Waals surface area contributed by atoms with Gasteiger partial charge in [0.2, 0.25) is 5.91 Å². The van der Waals surface area contributed by atoms with E-state index in [1.807, 2.05) is 52.0 Å². The predicted molar refractivity (Wildman–Crippen MR) is 120 cm³/mol. The van der Waals surface area contributed by atoms with E-state index in [4.69, 9.17) is 9.47 Å². The van der Waals surface area contributed by atoms with Gasteiger partial charge < -0.3 is 14.4 Å². The van der Waals surface area contributed by atoms with Gasteiger partial charge in [0.05, 0.1) is 24.8 Å². The second kappa shape index (κ2) is 9.05. The molecule has 0 spiro atoms. The highest BCUT2D eigenvalue weighted by Crippen LogP contribution is 2.30. The Balaban J connectivity index is 1.39. The lowest BCUT2D eigenvalue weighted by Gasteiger charge is -2.33. The summed E-state index contributed by atoms with van der Waals surface area (Å²) in [5, 5.41) is 4.58. The van der Waals surface area contributed by atoms with Gasteiger partial charge in [0.1, 0.15) is 12.4 Å². The lowest BCUT2D eigenvalue weighted by atomic mass is 9.94. The maximum atomic E-state index is 13.4. The SMILES string of the molecule is CCOC(=O)c1nn(Cc2ccccn2)c2c1CN(C(=O)[C@@H]1COc3ccccc3C1)CC2. The van der Waals surface area contributed by atoms with Gasteiger partial charge in [-0.3, -0.25) is 14.5 Å². The number of nitrogens with zero attached hydrogens (tertiary/aromatic N) is 4. The van der Waals surface area contributed by atoms with Gasteiger partial charge in [-0.25, -0.2) is 4.79 Å². The zero-order chi connectivity index (χ0) is 22.8. The minimum atomic E-state index is -0.460. The van der Waals surface area contributed by atoms with Crippen molar-refractivity contribution in [3.63, 3.8) is 0 Å². The van der Waals surface area contributed by atoms with Gasteiger partial charge in [-0.15, -0.1) is 0 Å². The van der Waals surface area contributed by atoms with Crippen LogP contribution in [0.15, 0.2) is 48.7 Å². The molecular weight excluding hydrogens is 420 g/mol. The molecule has 3 aromatic rings. The van der Waals surface area contributed by atoms with Gasteiger partial charge in [0.15, 0.2) is 5.69 Å². The van der Waals surface area contributed by atoms with Crippen LogP contribution in [0.4, 0.5) is 0 Å². The van der Waals surface area contributed by atoms with Crippen molar-refractivity contribution in [3.05, 3.63) is 76.9 Å². The molecule has 4 heterocycles. The molecule has 170 valence electrons. The van der Waals surface area contributed by atoms with Gasteiger partial charge in [0, 0.05) is 37.0 Å². The molecule has 0 aliphatic carbocycles. The Morgan fingerprint density at radius 3 is 2.85 bits per heavy atom. The molecule has 0 radical (unpaired) electrons. The van der Waals surface area contributed by atoms with Crippen molar-refractivity contribution in [1.29, 1.82) is 0 Å². The first-order valence-corrected chi connectivity index (χ1v) is 11.3. The number of benzene rings is 1. The second-order valence-electron chi connectivity index (χ2n) is 8.30. The Morgan fingerprint density at radius 2 is 2.03 bits per heavy atom. The van der Waals surface area contributed by atoms with Crippen LogP contribution in [-0.4, -0.2) is 51.3 Å². The van der Waals surface area contributed by atoms with Gasteiger partial charge in [-0.2, -0.15) is 5.10 Å². The van der Waals surface area contributed by atoms with Gasteiger partial charge in [0.25, 0.3) is 0 Å². The molecule has 2 aliphatic rings. The number of hydrogen-bond acceptors (Lipinski definition) is 6. The molecular formula is C25H26N4O4. The number of amides is 1. The molecule has 0 saturated heterocycles. The quantitative estimate of drug-likeness (QED) is 0.560. The molecule has 0 N–H and O–H groups in total. The van der Waals surface area contributed by atoms with Crippen molar-refractivity contribution in [2.45, 2.75) is 32.9 Å². The molecule has 8 heteroatoms. The number of fused-ring (bicyclic) bond motifs is 2. The number of pyridine rings is 1. The number of carbonyl (C=O) groups excluding carboxylic acids is 2. The minimum Gasteiger partial charge on any atom is -0.492 e. The highest BCUT2D eigenvalue weighted by atomic mass is 16.5. The third-order valence-electron chi connectivity index (χ3n) is 6.18. The van der Waals surface area contributed by atoms with E-state index in [1.165, 1.54) is 0 Å². The number of para-hydroxylation sites is 1. The van der Waals surface area contributed by atoms with Crippen molar-refractivity contribution >= 4 is 11.9 Å². The monoisotopic (exact) mass is 446 g/mol. The predicted octanol–water partition coefficient (Wildman–Crippen LogP) is 2.64. The van der Waals surface area contributed by atoms with E-state index in [1.54, 1.807) is 13.1 Å². The molecule has 1 atom stereocenters. The average Bonchev–Trinajstić information content (AvgIpc) is 3.21. The fourth-order valence-electron chi connectivity index (χ4n) is 4.56.